The van der Waals surface area contributed by atoms with Crippen LogP contribution in [0.25, 0.3) is 0 Å². The summed E-state index contributed by atoms with van der Waals surface area (Å²) in [4.78, 5) is 1.43. The van der Waals surface area contributed by atoms with Crippen LogP contribution in [-0.4, -0.2) is 18.6 Å². The molecule has 0 fully saturated rings. The van der Waals surface area contributed by atoms with E-state index in [-0.39, 0.29) is 24.8 Å². The topological polar surface area (TPSA) is 0 Å². The molecule has 0 rings (SSSR count). The van der Waals surface area contributed by atoms with E-state index in [0.717, 1.165) is 0 Å². The Bertz CT molecular complexity index is 36.6. The van der Waals surface area contributed by atoms with Gasteiger partial charge in [0.05, 0.1) is 0 Å². The van der Waals surface area contributed by atoms with Crippen molar-refractivity contribution in [1.29, 1.82) is 0 Å². The third-order valence-corrected chi connectivity index (χ3v) is 2.16. The SMILES string of the molecule is CCCCCC[CH2][Ga].Cl.Cl. The van der Waals surface area contributed by atoms with Gasteiger partial charge in [0.1, 0.15) is 0 Å². The Morgan fingerprint density at radius 3 is 1.80 bits per heavy atom. The molecule has 62 valence electrons. The number of unbranched alkanes of at least 4 members (excludes halogenated alkanes) is 4. The van der Waals surface area contributed by atoms with Crippen LogP contribution in [0, 0.1) is 0 Å². The van der Waals surface area contributed by atoms with Gasteiger partial charge in [-0.15, -0.1) is 24.8 Å². The van der Waals surface area contributed by atoms with Gasteiger partial charge in [0.25, 0.3) is 0 Å². The summed E-state index contributed by atoms with van der Waals surface area (Å²) in [6.45, 7) is 2.26. The van der Waals surface area contributed by atoms with E-state index in [1.165, 1.54) is 37.1 Å². The molecular weight excluding hydrogens is 225 g/mol. The van der Waals surface area contributed by atoms with Gasteiger partial charge in [-0.05, 0) is 0 Å². The largest absolute Gasteiger partial charge is 0.147 e. The fourth-order valence-electron chi connectivity index (χ4n) is 0.748. The minimum Gasteiger partial charge on any atom is -0.147 e. The minimum atomic E-state index is 0. The average molecular weight is 242 g/mol. The van der Waals surface area contributed by atoms with E-state index in [1.54, 1.807) is 0 Å². The second-order valence-electron chi connectivity index (χ2n) is 2.20. The van der Waals surface area contributed by atoms with Gasteiger partial charge in [-0.1, -0.05) is 0 Å². The van der Waals surface area contributed by atoms with Gasteiger partial charge in [0.15, 0.2) is 0 Å². The summed E-state index contributed by atoms with van der Waals surface area (Å²) in [7, 11) is 0. The monoisotopic (exact) mass is 240 g/mol. The van der Waals surface area contributed by atoms with Crippen molar-refractivity contribution in [3.05, 3.63) is 0 Å². The van der Waals surface area contributed by atoms with E-state index < -0.39 is 0 Å². The van der Waals surface area contributed by atoms with Crippen LogP contribution in [0.3, 0.4) is 0 Å². The summed E-state index contributed by atoms with van der Waals surface area (Å²) >= 11 is 1.87. The number of rotatable bonds is 5. The number of halogens is 2. The quantitative estimate of drug-likeness (QED) is 0.511. The van der Waals surface area contributed by atoms with Crippen molar-refractivity contribution in [1.82, 2.24) is 0 Å². The van der Waals surface area contributed by atoms with Gasteiger partial charge >= 0.3 is 62.6 Å². The zero-order valence-electron chi connectivity index (χ0n) is 6.64. The summed E-state index contributed by atoms with van der Waals surface area (Å²) in [5, 5.41) is 0. The molecule has 2 radical (unpaired) electrons. The van der Waals surface area contributed by atoms with Crippen molar-refractivity contribution < 1.29 is 0 Å². The van der Waals surface area contributed by atoms with Gasteiger partial charge in [-0.3, -0.25) is 0 Å². The fraction of sp³-hybridized carbons (Fsp3) is 1.00. The molecule has 0 aromatic rings. The molecule has 0 atom stereocenters. The molecule has 0 aliphatic heterocycles. The van der Waals surface area contributed by atoms with Gasteiger partial charge in [0.2, 0.25) is 0 Å². The van der Waals surface area contributed by atoms with Crippen LogP contribution in [-0.2, 0) is 0 Å². The molecule has 0 aliphatic carbocycles. The van der Waals surface area contributed by atoms with Crippen molar-refractivity contribution in [2.75, 3.05) is 0 Å². The summed E-state index contributed by atoms with van der Waals surface area (Å²) in [6, 6.07) is 0. The Morgan fingerprint density at radius 1 is 0.900 bits per heavy atom. The summed E-state index contributed by atoms with van der Waals surface area (Å²) in [6.07, 6.45) is 7.19. The molecule has 3 heteroatoms. The smallest absolute Gasteiger partial charge is 0.147 e. The molecule has 0 unspecified atom stereocenters. The molecule has 0 aromatic heterocycles. The van der Waals surface area contributed by atoms with E-state index in [0.29, 0.717) is 0 Å². The first-order valence-electron chi connectivity index (χ1n) is 3.62. The predicted molar refractivity (Wildman–Crippen MR) is 53.8 cm³/mol. The van der Waals surface area contributed by atoms with E-state index >= 15 is 0 Å². The third kappa shape index (κ3) is 16.1. The molecule has 0 aliphatic rings. The Kier molecular flexibility index (Phi) is 28.9. The molecular formula is C7H17Cl2Ga. The molecule has 0 N–H and O–H groups in total. The molecule has 0 bridgehead atoms. The summed E-state index contributed by atoms with van der Waals surface area (Å²) in [5.74, 6) is 0. The molecule has 10 heavy (non-hydrogen) atoms. The van der Waals surface area contributed by atoms with Crippen LogP contribution in [0.15, 0.2) is 0 Å². The van der Waals surface area contributed by atoms with Gasteiger partial charge in [-0.2, -0.15) is 0 Å². The van der Waals surface area contributed by atoms with Crippen molar-refractivity contribution >= 4 is 43.4 Å². The van der Waals surface area contributed by atoms with Crippen LogP contribution in [0.4, 0.5) is 0 Å². The Hall–Kier alpha value is 1.22. The Balaban J connectivity index is -0.000000245. The predicted octanol–water partition coefficient (Wildman–Crippen LogP) is 3.39. The maximum atomic E-state index is 2.26. The fourth-order valence-corrected chi connectivity index (χ4v) is 1.35. The van der Waals surface area contributed by atoms with Gasteiger partial charge in [0, 0.05) is 0 Å². The van der Waals surface area contributed by atoms with E-state index in [4.69, 9.17) is 0 Å². The Labute approximate surface area is 87.3 Å². The standard InChI is InChI=1S/C7H15.2ClH.Ga/c1-3-5-7-6-4-2;;;/h1,3-7H2,2H3;2*1H;. The van der Waals surface area contributed by atoms with Crippen LogP contribution in [0.2, 0.25) is 4.98 Å². The molecule has 0 amide bonds. The second kappa shape index (κ2) is 16.7. The maximum Gasteiger partial charge on any atom is -0.147 e. The second-order valence-corrected chi connectivity index (χ2v) is 3.41. The Morgan fingerprint density at radius 2 is 1.40 bits per heavy atom. The first-order chi connectivity index (χ1) is 3.91. The number of hydrogen-bond donors (Lipinski definition) is 0. The average Bonchev–Trinajstić information content (AvgIpc) is 1.81. The van der Waals surface area contributed by atoms with Crippen molar-refractivity contribution in [2.45, 2.75) is 44.0 Å². The normalized spacial score (nSPS) is 7.70. The van der Waals surface area contributed by atoms with E-state index in [2.05, 4.69) is 6.92 Å². The molecule has 0 saturated heterocycles. The molecule has 0 nitrogen and oxygen atoms in total. The van der Waals surface area contributed by atoms with Crippen LogP contribution >= 0.6 is 24.8 Å². The van der Waals surface area contributed by atoms with Crippen molar-refractivity contribution in [3.63, 3.8) is 0 Å². The van der Waals surface area contributed by atoms with Crippen LogP contribution in [0.1, 0.15) is 39.0 Å². The van der Waals surface area contributed by atoms with Crippen molar-refractivity contribution in [2.24, 2.45) is 0 Å². The van der Waals surface area contributed by atoms with E-state index in [9.17, 15) is 0 Å². The zero-order chi connectivity index (χ0) is 6.24. The first kappa shape index (κ1) is 17.3. The van der Waals surface area contributed by atoms with Gasteiger partial charge in [-0.25, -0.2) is 0 Å². The summed E-state index contributed by atoms with van der Waals surface area (Å²) < 4.78 is 0. The molecule has 0 spiro atoms. The van der Waals surface area contributed by atoms with Crippen molar-refractivity contribution in [3.8, 4) is 0 Å². The molecule has 0 saturated carbocycles. The molecule has 0 heterocycles. The van der Waals surface area contributed by atoms with Gasteiger partial charge < -0.3 is 0 Å². The number of hydrogen-bond acceptors (Lipinski definition) is 0. The third-order valence-electron chi connectivity index (χ3n) is 1.31. The maximum absolute atomic E-state index is 2.26. The minimum absolute atomic E-state index is 0. The zero-order valence-corrected chi connectivity index (χ0v) is 10.7. The van der Waals surface area contributed by atoms with E-state index in [1.807, 2.05) is 18.6 Å². The van der Waals surface area contributed by atoms with Crippen LogP contribution in [0.5, 0.6) is 0 Å². The molecule has 0 aromatic carbocycles. The van der Waals surface area contributed by atoms with Crippen LogP contribution < -0.4 is 0 Å². The summed E-state index contributed by atoms with van der Waals surface area (Å²) in [5.41, 5.74) is 0. The first-order valence-corrected chi connectivity index (χ1v) is 5.33.